The minimum Gasteiger partial charge on any atom is -0.493 e. The summed E-state index contributed by atoms with van der Waals surface area (Å²) in [7, 11) is 1.56. The molecule has 0 radical (unpaired) electrons. The van der Waals surface area contributed by atoms with Crippen LogP contribution in [0.5, 0.6) is 17.2 Å². The van der Waals surface area contributed by atoms with Gasteiger partial charge >= 0.3 is 11.9 Å². The number of carboxylic acid groups (broad SMARTS) is 2. The number of thiazole rings is 1. The highest BCUT2D eigenvalue weighted by Crippen LogP contribution is 2.38. The number of aliphatic carboxylic acids is 1. The van der Waals surface area contributed by atoms with E-state index in [2.05, 4.69) is 4.98 Å². The Morgan fingerprint density at radius 3 is 2.60 bits per heavy atom. The highest BCUT2D eigenvalue weighted by atomic mass is 32.1. The summed E-state index contributed by atoms with van der Waals surface area (Å²) in [4.78, 5) is 26.9. The molecule has 1 aliphatic carbocycles. The molecule has 1 heterocycles. The molecule has 1 aliphatic rings. The van der Waals surface area contributed by atoms with Crippen molar-refractivity contribution >= 4 is 23.3 Å². The smallest absolute Gasteiger partial charge is 0.347 e. The fourth-order valence-electron chi connectivity index (χ4n) is 4.26. The largest absolute Gasteiger partial charge is 0.493 e. The number of aromatic carboxylic acids is 1. The highest BCUT2D eigenvalue weighted by Gasteiger charge is 2.25. The summed E-state index contributed by atoms with van der Waals surface area (Å²) in [5, 5.41) is 18.9. The van der Waals surface area contributed by atoms with E-state index in [-0.39, 0.29) is 17.2 Å². The summed E-state index contributed by atoms with van der Waals surface area (Å²) >= 11 is 1.13. The fraction of sp³-hybridized carbons (Fsp3) is 0.346. The number of methoxy groups -OCH3 is 1. The Hall–Kier alpha value is -3.59. The molecule has 3 aromatic rings. The first-order valence-corrected chi connectivity index (χ1v) is 12.2. The van der Waals surface area contributed by atoms with Crippen molar-refractivity contribution in [3.63, 3.8) is 0 Å². The van der Waals surface area contributed by atoms with Crippen LogP contribution in [0.1, 0.15) is 51.7 Å². The van der Waals surface area contributed by atoms with Gasteiger partial charge in [-0.3, -0.25) is 4.79 Å². The minimum absolute atomic E-state index is 0.0881. The van der Waals surface area contributed by atoms with Gasteiger partial charge in [0.2, 0.25) is 0 Å². The molecule has 0 spiro atoms. The predicted octanol–water partition coefficient (Wildman–Crippen LogP) is 5.18. The van der Waals surface area contributed by atoms with Crippen molar-refractivity contribution in [2.45, 2.75) is 38.5 Å². The van der Waals surface area contributed by atoms with Gasteiger partial charge in [-0.1, -0.05) is 6.07 Å². The van der Waals surface area contributed by atoms with Gasteiger partial charge in [0.25, 0.3) is 0 Å². The molecule has 0 aliphatic heterocycles. The lowest BCUT2D eigenvalue weighted by atomic mass is 9.98. The Morgan fingerprint density at radius 1 is 1.09 bits per heavy atom. The second-order valence-electron chi connectivity index (χ2n) is 8.35. The van der Waals surface area contributed by atoms with Gasteiger partial charge < -0.3 is 24.4 Å². The molecule has 0 fully saturated rings. The number of rotatable bonds is 11. The van der Waals surface area contributed by atoms with Gasteiger partial charge in [0, 0.05) is 12.0 Å². The first kappa shape index (κ1) is 24.5. The summed E-state index contributed by atoms with van der Waals surface area (Å²) in [6, 6.07) is 11.3. The number of hydrogen-bond donors (Lipinski definition) is 2. The molecule has 2 aromatic carbocycles. The number of nitrogens with zero attached hydrogens (tertiary/aromatic N) is 1. The Balaban J connectivity index is 1.29. The van der Waals surface area contributed by atoms with Crippen LogP contribution in [-0.2, 0) is 11.2 Å². The number of carboxylic acids is 2. The molecule has 2 N–H and O–H groups in total. The van der Waals surface area contributed by atoms with Crippen molar-refractivity contribution in [1.82, 2.24) is 4.98 Å². The molecule has 0 amide bonds. The molecule has 1 atom stereocenters. The molecule has 0 unspecified atom stereocenters. The summed E-state index contributed by atoms with van der Waals surface area (Å²) in [5.41, 5.74) is 3.53. The van der Waals surface area contributed by atoms with Crippen LogP contribution < -0.4 is 14.2 Å². The van der Waals surface area contributed by atoms with Crippen molar-refractivity contribution in [3.8, 4) is 27.8 Å². The van der Waals surface area contributed by atoms with Crippen molar-refractivity contribution in [1.29, 1.82) is 0 Å². The lowest BCUT2D eigenvalue weighted by Gasteiger charge is -2.13. The normalized spacial score (nSPS) is 14.4. The molecule has 1 aromatic heterocycles. The van der Waals surface area contributed by atoms with E-state index in [1.54, 1.807) is 26.2 Å². The number of hydrogen-bond acceptors (Lipinski definition) is 7. The van der Waals surface area contributed by atoms with Gasteiger partial charge in [-0.2, -0.15) is 0 Å². The second kappa shape index (κ2) is 10.8. The van der Waals surface area contributed by atoms with Gasteiger partial charge in [0.1, 0.15) is 15.6 Å². The molecule has 0 saturated heterocycles. The number of carbonyl (C=O) groups is 2. The topological polar surface area (TPSA) is 115 Å². The van der Waals surface area contributed by atoms with Crippen LogP contribution in [0.25, 0.3) is 10.6 Å². The lowest BCUT2D eigenvalue weighted by molar-refractivity contribution is -0.137. The van der Waals surface area contributed by atoms with E-state index in [4.69, 9.17) is 19.3 Å². The van der Waals surface area contributed by atoms with E-state index >= 15 is 0 Å². The zero-order chi connectivity index (χ0) is 24.9. The van der Waals surface area contributed by atoms with Crippen molar-refractivity contribution < 1.29 is 34.0 Å². The maximum absolute atomic E-state index is 11.3. The zero-order valence-electron chi connectivity index (χ0n) is 19.6. The van der Waals surface area contributed by atoms with Gasteiger partial charge in [0.15, 0.2) is 11.5 Å². The van der Waals surface area contributed by atoms with E-state index in [0.717, 1.165) is 41.1 Å². The molecular weight excluding hydrogens is 470 g/mol. The van der Waals surface area contributed by atoms with E-state index in [9.17, 15) is 14.7 Å². The SMILES string of the molecule is COc1cc(-c2nc(C)c(C(=O)O)s2)ccc1OCCCOc1ccc2c(c1)CC[C@H]2CC(=O)O. The van der Waals surface area contributed by atoms with Crippen LogP contribution in [-0.4, -0.2) is 47.5 Å². The minimum atomic E-state index is -0.984. The highest BCUT2D eigenvalue weighted by molar-refractivity contribution is 7.17. The Bertz CT molecular complexity index is 1240. The number of benzene rings is 2. The van der Waals surface area contributed by atoms with E-state index in [0.29, 0.717) is 41.8 Å². The van der Waals surface area contributed by atoms with Gasteiger partial charge in [-0.15, -0.1) is 11.3 Å². The third-order valence-electron chi connectivity index (χ3n) is 5.95. The van der Waals surface area contributed by atoms with Gasteiger partial charge in [-0.05, 0) is 67.1 Å². The monoisotopic (exact) mass is 497 g/mol. The Labute approximate surface area is 207 Å². The number of aryl methyl sites for hydroxylation is 2. The first-order valence-electron chi connectivity index (χ1n) is 11.3. The maximum Gasteiger partial charge on any atom is 0.347 e. The number of ether oxygens (including phenoxy) is 3. The molecule has 8 nitrogen and oxygen atoms in total. The van der Waals surface area contributed by atoms with E-state index < -0.39 is 11.9 Å². The third kappa shape index (κ3) is 5.74. The van der Waals surface area contributed by atoms with Gasteiger partial charge in [0.05, 0.1) is 32.4 Å². The predicted molar refractivity (Wildman–Crippen MR) is 131 cm³/mol. The molecule has 184 valence electrons. The van der Waals surface area contributed by atoms with E-state index in [1.807, 2.05) is 24.3 Å². The summed E-state index contributed by atoms with van der Waals surface area (Å²) in [6.45, 7) is 2.59. The average Bonchev–Trinajstić information content (AvgIpc) is 3.41. The van der Waals surface area contributed by atoms with Gasteiger partial charge in [-0.25, -0.2) is 9.78 Å². The van der Waals surface area contributed by atoms with Crippen LogP contribution in [0.3, 0.4) is 0 Å². The molecule has 35 heavy (non-hydrogen) atoms. The Kier molecular flexibility index (Phi) is 7.55. The van der Waals surface area contributed by atoms with Crippen LogP contribution in [0.15, 0.2) is 36.4 Å². The number of fused-ring (bicyclic) bond motifs is 1. The van der Waals surface area contributed by atoms with Crippen LogP contribution in [0, 0.1) is 6.92 Å². The van der Waals surface area contributed by atoms with Crippen LogP contribution in [0.2, 0.25) is 0 Å². The van der Waals surface area contributed by atoms with Crippen molar-refractivity contribution in [3.05, 3.63) is 58.1 Å². The van der Waals surface area contributed by atoms with Crippen molar-refractivity contribution in [2.75, 3.05) is 20.3 Å². The Morgan fingerprint density at radius 2 is 1.89 bits per heavy atom. The van der Waals surface area contributed by atoms with Crippen molar-refractivity contribution in [2.24, 2.45) is 0 Å². The number of aromatic nitrogens is 1. The molecule has 9 heteroatoms. The summed E-state index contributed by atoms with van der Waals surface area (Å²) in [6.07, 6.45) is 2.57. The van der Waals surface area contributed by atoms with Crippen LogP contribution in [0.4, 0.5) is 0 Å². The standard InChI is InChI=1S/C26H27NO7S/c1-15-24(26(30)31)35-25(27-15)18-6-9-21(22(13-18)32-2)34-11-3-10-33-19-7-8-20-16(12-19)4-5-17(20)14-23(28)29/h6-9,12-13,17H,3-5,10-11,14H2,1-2H3,(H,28,29)(H,30,31)/t17-/m0/s1. The fourth-order valence-corrected chi connectivity index (χ4v) is 5.17. The lowest BCUT2D eigenvalue weighted by Crippen LogP contribution is -2.06. The summed E-state index contributed by atoms with van der Waals surface area (Å²) < 4.78 is 17.2. The van der Waals surface area contributed by atoms with Crippen LogP contribution >= 0.6 is 11.3 Å². The molecule has 0 bridgehead atoms. The van der Waals surface area contributed by atoms with E-state index in [1.165, 1.54) is 5.56 Å². The third-order valence-corrected chi connectivity index (χ3v) is 7.15. The average molecular weight is 498 g/mol. The quantitative estimate of drug-likeness (QED) is 0.348. The molecule has 0 saturated carbocycles. The molecular formula is C26H27NO7S. The second-order valence-corrected chi connectivity index (χ2v) is 9.35. The molecule has 4 rings (SSSR count). The summed E-state index contributed by atoms with van der Waals surface area (Å²) in [5.74, 6) is 0.252. The maximum atomic E-state index is 11.3. The first-order chi connectivity index (χ1) is 16.9. The zero-order valence-corrected chi connectivity index (χ0v) is 20.4.